The van der Waals surface area contributed by atoms with Gasteiger partial charge in [0.15, 0.2) is 0 Å². The van der Waals surface area contributed by atoms with E-state index >= 15 is 0 Å². The van der Waals surface area contributed by atoms with Crippen LogP contribution in [0, 0.1) is 0 Å². The lowest BCUT2D eigenvalue weighted by atomic mass is 10.1. The first-order valence-electron chi connectivity index (χ1n) is 15.0. The van der Waals surface area contributed by atoms with Gasteiger partial charge in [-0.25, -0.2) is 0 Å². The summed E-state index contributed by atoms with van der Waals surface area (Å²) in [6.07, 6.45) is 28.8. The number of hydrogen-bond acceptors (Lipinski definition) is 4. The maximum Gasteiger partial charge on any atom is 0.322 e. The van der Waals surface area contributed by atoms with Crippen molar-refractivity contribution in [2.24, 2.45) is 0 Å². The zero-order valence-corrected chi connectivity index (χ0v) is 23.8. The Hall–Kier alpha value is -2.11. The van der Waals surface area contributed by atoms with Crippen LogP contribution in [-0.4, -0.2) is 35.6 Å². The Labute approximate surface area is 226 Å². The molecule has 0 aliphatic carbocycles. The molecule has 0 radical (unpaired) electrons. The zero-order valence-electron chi connectivity index (χ0n) is 23.8. The molecule has 37 heavy (non-hydrogen) atoms. The SMILES string of the molecule is CCCC/C=C\C/C=C\C(CCCCCCC(=O)NCC(=O)O)OC(=O)CCCCCCCCCCC. The standard InChI is InChI=1S/C31H55NO5/c1-3-5-7-9-11-12-14-16-22-26-31(36)37-28(23-19-15-13-10-8-6-4-2)24-20-17-18-21-25-29(33)32-27-30(34)35/h10,13,19,23,28H,3-9,11-12,14-18,20-22,24-27H2,1-2H3,(H,32,33)(H,34,35)/b13-10-,23-19-. The number of aliphatic carboxylic acids is 1. The Balaban J connectivity index is 4.25. The summed E-state index contributed by atoms with van der Waals surface area (Å²) in [5.41, 5.74) is 0. The Kier molecular flexibility index (Phi) is 25.4. The highest BCUT2D eigenvalue weighted by Gasteiger charge is 2.11. The molecule has 0 spiro atoms. The molecule has 6 heteroatoms. The van der Waals surface area contributed by atoms with Crippen molar-refractivity contribution in [3.63, 3.8) is 0 Å². The summed E-state index contributed by atoms with van der Waals surface area (Å²) >= 11 is 0. The summed E-state index contributed by atoms with van der Waals surface area (Å²) in [7, 11) is 0. The molecule has 6 nitrogen and oxygen atoms in total. The van der Waals surface area contributed by atoms with Crippen molar-refractivity contribution in [3.8, 4) is 0 Å². The second kappa shape index (κ2) is 26.9. The lowest BCUT2D eigenvalue weighted by Gasteiger charge is -2.14. The number of allylic oxidation sites excluding steroid dienone is 3. The summed E-state index contributed by atoms with van der Waals surface area (Å²) in [6.45, 7) is 4.10. The highest BCUT2D eigenvalue weighted by atomic mass is 16.5. The number of carbonyl (C=O) groups excluding carboxylic acids is 2. The van der Waals surface area contributed by atoms with Crippen LogP contribution in [0.1, 0.15) is 142 Å². The number of carbonyl (C=O) groups is 3. The average Bonchev–Trinajstić information content (AvgIpc) is 2.87. The van der Waals surface area contributed by atoms with Crippen molar-refractivity contribution in [3.05, 3.63) is 24.3 Å². The molecular weight excluding hydrogens is 466 g/mol. The second-order valence-corrected chi connectivity index (χ2v) is 10.0. The first kappa shape index (κ1) is 34.9. The molecule has 0 aromatic heterocycles. The average molecular weight is 522 g/mol. The van der Waals surface area contributed by atoms with E-state index in [1.807, 2.05) is 6.08 Å². The molecule has 1 amide bonds. The second-order valence-electron chi connectivity index (χ2n) is 10.0. The minimum Gasteiger partial charge on any atom is -0.480 e. The van der Waals surface area contributed by atoms with Crippen LogP contribution in [0.15, 0.2) is 24.3 Å². The summed E-state index contributed by atoms with van der Waals surface area (Å²) in [4.78, 5) is 34.5. The summed E-state index contributed by atoms with van der Waals surface area (Å²) in [5.74, 6) is -1.36. The van der Waals surface area contributed by atoms with E-state index in [-0.39, 0.29) is 24.5 Å². The first-order valence-corrected chi connectivity index (χ1v) is 15.0. The van der Waals surface area contributed by atoms with Crippen molar-refractivity contribution in [2.45, 2.75) is 148 Å². The summed E-state index contributed by atoms with van der Waals surface area (Å²) < 4.78 is 5.80. The molecule has 0 aromatic carbocycles. The van der Waals surface area contributed by atoms with Gasteiger partial charge in [0.25, 0.3) is 0 Å². The first-order chi connectivity index (χ1) is 18.0. The molecule has 0 rings (SSSR count). The van der Waals surface area contributed by atoms with Crippen LogP contribution >= 0.6 is 0 Å². The molecule has 2 N–H and O–H groups in total. The highest BCUT2D eigenvalue weighted by molar-refractivity contribution is 5.80. The van der Waals surface area contributed by atoms with Crippen molar-refractivity contribution in [1.29, 1.82) is 0 Å². The van der Waals surface area contributed by atoms with Gasteiger partial charge in [0, 0.05) is 12.8 Å². The van der Waals surface area contributed by atoms with Crippen molar-refractivity contribution < 1.29 is 24.2 Å². The number of nitrogens with one attached hydrogen (secondary N) is 1. The van der Waals surface area contributed by atoms with Gasteiger partial charge in [-0.1, -0.05) is 109 Å². The van der Waals surface area contributed by atoms with Crippen molar-refractivity contribution in [2.75, 3.05) is 6.54 Å². The topological polar surface area (TPSA) is 92.7 Å². The minimum atomic E-state index is -1.03. The van der Waals surface area contributed by atoms with Crippen LogP contribution in [0.5, 0.6) is 0 Å². The molecule has 1 unspecified atom stereocenters. The summed E-state index contributed by atoms with van der Waals surface area (Å²) in [5, 5.41) is 11.0. The van der Waals surface area contributed by atoms with Crippen LogP contribution in [0.4, 0.5) is 0 Å². The molecule has 0 aliphatic rings. The maximum absolute atomic E-state index is 12.4. The minimum absolute atomic E-state index is 0.105. The fraction of sp³-hybridized carbons (Fsp3) is 0.774. The number of carboxylic acids is 1. The van der Waals surface area contributed by atoms with Gasteiger partial charge in [-0.2, -0.15) is 0 Å². The quantitative estimate of drug-likeness (QED) is 0.0682. The smallest absolute Gasteiger partial charge is 0.322 e. The Morgan fingerprint density at radius 1 is 0.730 bits per heavy atom. The van der Waals surface area contributed by atoms with Crippen molar-refractivity contribution in [1.82, 2.24) is 5.32 Å². The number of ether oxygens (including phenoxy) is 1. The fourth-order valence-electron chi connectivity index (χ4n) is 4.09. The van der Waals surface area contributed by atoms with E-state index in [4.69, 9.17) is 9.84 Å². The van der Waals surface area contributed by atoms with Crippen LogP contribution in [0.3, 0.4) is 0 Å². The molecule has 0 bridgehead atoms. The molecule has 0 fully saturated rings. The highest BCUT2D eigenvalue weighted by Crippen LogP contribution is 2.14. The molecule has 0 heterocycles. The van der Waals surface area contributed by atoms with E-state index in [9.17, 15) is 14.4 Å². The third-order valence-corrected chi connectivity index (χ3v) is 6.36. The number of carboxylic acid groups (broad SMARTS) is 1. The Morgan fingerprint density at radius 3 is 1.97 bits per heavy atom. The zero-order chi connectivity index (χ0) is 27.4. The van der Waals surface area contributed by atoms with Gasteiger partial charge in [0.1, 0.15) is 12.6 Å². The van der Waals surface area contributed by atoms with Gasteiger partial charge >= 0.3 is 11.9 Å². The third-order valence-electron chi connectivity index (χ3n) is 6.36. The van der Waals surface area contributed by atoms with E-state index in [1.165, 1.54) is 57.8 Å². The van der Waals surface area contributed by atoms with Gasteiger partial charge in [0.2, 0.25) is 5.91 Å². The van der Waals surface area contributed by atoms with Gasteiger partial charge in [-0.05, 0) is 44.6 Å². The van der Waals surface area contributed by atoms with E-state index in [1.54, 1.807) is 0 Å². The number of rotatable bonds is 26. The fourth-order valence-corrected chi connectivity index (χ4v) is 4.09. The van der Waals surface area contributed by atoms with Crippen LogP contribution in [0.2, 0.25) is 0 Å². The molecule has 214 valence electrons. The van der Waals surface area contributed by atoms with E-state index in [2.05, 4.69) is 37.4 Å². The van der Waals surface area contributed by atoms with Gasteiger partial charge in [0.05, 0.1) is 0 Å². The predicted octanol–water partition coefficient (Wildman–Crippen LogP) is 8.05. The van der Waals surface area contributed by atoms with Crippen LogP contribution < -0.4 is 5.32 Å². The Morgan fingerprint density at radius 2 is 1.32 bits per heavy atom. The molecule has 1 atom stereocenters. The van der Waals surface area contributed by atoms with Crippen LogP contribution in [0.25, 0.3) is 0 Å². The van der Waals surface area contributed by atoms with Gasteiger partial charge < -0.3 is 15.2 Å². The number of amides is 1. The molecular formula is C31H55NO5. The molecule has 0 aromatic rings. The maximum atomic E-state index is 12.4. The largest absolute Gasteiger partial charge is 0.480 e. The number of unbranched alkanes of at least 4 members (excludes halogenated alkanes) is 13. The number of hydrogen-bond donors (Lipinski definition) is 2. The van der Waals surface area contributed by atoms with Crippen LogP contribution in [-0.2, 0) is 19.1 Å². The van der Waals surface area contributed by atoms with E-state index < -0.39 is 5.97 Å². The van der Waals surface area contributed by atoms with Gasteiger partial charge in [-0.15, -0.1) is 0 Å². The summed E-state index contributed by atoms with van der Waals surface area (Å²) in [6, 6.07) is 0. The molecule has 0 aliphatic heterocycles. The Bertz CT molecular complexity index is 629. The van der Waals surface area contributed by atoms with Crippen molar-refractivity contribution >= 4 is 17.8 Å². The third kappa shape index (κ3) is 26.8. The van der Waals surface area contributed by atoms with E-state index in [0.29, 0.717) is 12.8 Å². The van der Waals surface area contributed by atoms with Gasteiger partial charge in [-0.3, -0.25) is 14.4 Å². The van der Waals surface area contributed by atoms with E-state index in [0.717, 1.165) is 57.8 Å². The predicted molar refractivity (Wildman–Crippen MR) is 152 cm³/mol. The monoisotopic (exact) mass is 521 g/mol. The lowest BCUT2D eigenvalue weighted by molar-refractivity contribution is -0.147. The molecule has 0 saturated carbocycles. The normalized spacial score (nSPS) is 12.3. The molecule has 0 saturated heterocycles. The lowest BCUT2D eigenvalue weighted by Crippen LogP contribution is -2.28. The number of esters is 1.